The molecule has 2 rings (SSSR count). The van der Waals surface area contributed by atoms with Crippen molar-refractivity contribution in [3.63, 3.8) is 0 Å². The Hall–Kier alpha value is -0.810. The lowest BCUT2D eigenvalue weighted by Gasteiger charge is -2.18. The largest absolute Gasteiger partial charge is 0.493 e. The highest BCUT2D eigenvalue weighted by Crippen LogP contribution is 2.51. The Balaban J connectivity index is 2.67. The summed E-state index contributed by atoms with van der Waals surface area (Å²) in [7, 11) is 3.00. The van der Waals surface area contributed by atoms with Crippen molar-refractivity contribution in [2.24, 2.45) is 5.73 Å². The molecule has 1 fully saturated rings. The van der Waals surface area contributed by atoms with Crippen molar-refractivity contribution in [1.29, 1.82) is 0 Å². The van der Waals surface area contributed by atoms with Gasteiger partial charge in [-0.25, -0.2) is 4.39 Å². The number of methoxy groups -OCH3 is 2. The quantitative estimate of drug-likeness (QED) is 0.930. The molecule has 88 valence electrons. The van der Waals surface area contributed by atoms with Crippen molar-refractivity contribution in [3.05, 3.63) is 21.9 Å². The van der Waals surface area contributed by atoms with E-state index in [1.54, 1.807) is 6.07 Å². The van der Waals surface area contributed by atoms with E-state index in [0.717, 1.165) is 12.8 Å². The van der Waals surface area contributed by atoms with E-state index in [1.807, 2.05) is 0 Å². The molecule has 0 radical (unpaired) electrons. The van der Waals surface area contributed by atoms with Crippen LogP contribution in [0, 0.1) is 5.82 Å². The SMILES string of the molecule is COc1cc(Br)c(F)c(C2(N)CC2)c1OC. The maximum atomic E-state index is 14.0. The molecule has 16 heavy (non-hydrogen) atoms. The topological polar surface area (TPSA) is 44.5 Å². The average molecular weight is 290 g/mol. The van der Waals surface area contributed by atoms with Crippen LogP contribution in [-0.4, -0.2) is 14.2 Å². The summed E-state index contributed by atoms with van der Waals surface area (Å²) in [5.74, 6) is 0.517. The minimum absolute atomic E-state index is 0.344. The molecule has 0 spiro atoms. The molecule has 1 aromatic carbocycles. The third-order valence-electron chi connectivity index (χ3n) is 2.85. The number of benzene rings is 1. The number of nitrogens with two attached hydrogens (primary N) is 1. The molecule has 0 atom stereocenters. The summed E-state index contributed by atoms with van der Waals surface area (Å²) in [6, 6.07) is 1.55. The molecular formula is C11H13BrFNO2. The molecule has 0 aliphatic heterocycles. The number of rotatable bonds is 3. The van der Waals surface area contributed by atoms with Gasteiger partial charge >= 0.3 is 0 Å². The third-order valence-corrected chi connectivity index (χ3v) is 3.43. The molecule has 3 nitrogen and oxygen atoms in total. The Bertz CT molecular complexity index is 432. The maximum Gasteiger partial charge on any atom is 0.168 e. The highest BCUT2D eigenvalue weighted by Gasteiger charge is 2.45. The summed E-state index contributed by atoms with van der Waals surface area (Å²) in [6.45, 7) is 0. The van der Waals surface area contributed by atoms with Gasteiger partial charge in [-0.1, -0.05) is 0 Å². The van der Waals surface area contributed by atoms with Gasteiger partial charge < -0.3 is 15.2 Å². The zero-order valence-corrected chi connectivity index (χ0v) is 10.7. The summed E-state index contributed by atoms with van der Waals surface area (Å²) in [6.07, 6.45) is 1.53. The zero-order chi connectivity index (χ0) is 11.9. The van der Waals surface area contributed by atoms with Crippen molar-refractivity contribution in [1.82, 2.24) is 0 Å². The van der Waals surface area contributed by atoms with Crippen molar-refractivity contribution in [3.8, 4) is 11.5 Å². The average Bonchev–Trinajstić information content (AvgIpc) is 3.00. The van der Waals surface area contributed by atoms with E-state index in [9.17, 15) is 4.39 Å². The number of hydrogen-bond donors (Lipinski definition) is 1. The molecule has 0 heterocycles. The molecule has 2 N–H and O–H groups in total. The van der Waals surface area contributed by atoms with Gasteiger partial charge in [0.25, 0.3) is 0 Å². The molecule has 5 heteroatoms. The van der Waals surface area contributed by atoms with E-state index in [0.29, 0.717) is 21.5 Å². The third kappa shape index (κ3) is 1.68. The molecule has 1 saturated carbocycles. The Labute approximate surface area is 102 Å². The molecule has 0 aromatic heterocycles. The minimum Gasteiger partial charge on any atom is -0.493 e. The van der Waals surface area contributed by atoms with Gasteiger partial charge in [-0.3, -0.25) is 0 Å². The Morgan fingerprint density at radius 1 is 1.38 bits per heavy atom. The molecule has 1 aliphatic rings. The standard InChI is InChI=1S/C11H13BrFNO2/c1-15-7-5-6(12)9(13)8(10(7)16-2)11(14)3-4-11/h5H,3-4,14H2,1-2H3. The lowest BCUT2D eigenvalue weighted by molar-refractivity contribution is 0.343. The van der Waals surface area contributed by atoms with Crippen LogP contribution >= 0.6 is 15.9 Å². The van der Waals surface area contributed by atoms with Gasteiger partial charge in [-0.05, 0) is 28.8 Å². The molecule has 0 amide bonds. The number of halogens is 2. The van der Waals surface area contributed by atoms with Crippen LogP contribution in [0.5, 0.6) is 11.5 Å². The molecule has 1 aliphatic carbocycles. The minimum atomic E-state index is -0.605. The zero-order valence-electron chi connectivity index (χ0n) is 9.14. The fourth-order valence-corrected chi connectivity index (χ4v) is 2.18. The summed E-state index contributed by atoms with van der Waals surface area (Å²) in [5, 5.41) is 0. The Morgan fingerprint density at radius 2 is 2.00 bits per heavy atom. The lowest BCUT2D eigenvalue weighted by atomic mass is 10.0. The van der Waals surface area contributed by atoms with E-state index < -0.39 is 5.54 Å². The van der Waals surface area contributed by atoms with E-state index in [-0.39, 0.29) is 5.82 Å². The van der Waals surface area contributed by atoms with E-state index in [4.69, 9.17) is 15.2 Å². The van der Waals surface area contributed by atoms with Gasteiger partial charge in [0.15, 0.2) is 11.5 Å². The second-order valence-electron chi connectivity index (χ2n) is 3.94. The first-order valence-corrected chi connectivity index (χ1v) is 5.72. The normalized spacial score (nSPS) is 17.1. The van der Waals surface area contributed by atoms with Crippen LogP contribution in [0.25, 0.3) is 0 Å². The van der Waals surface area contributed by atoms with Crippen LogP contribution < -0.4 is 15.2 Å². The molecule has 0 bridgehead atoms. The van der Waals surface area contributed by atoms with Crippen LogP contribution in [0.1, 0.15) is 18.4 Å². The second kappa shape index (κ2) is 3.89. The number of ether oxygens (including phenoxy) is 2. The predicted molar refractivity (Wildman–Crippen MR) is 62.3 cm³/mol. The maximum absolute atomic E-state index is 14.0. The molecule has 0 unspecified atom stereocenters. The summed E-state index contributed by atoms with van der Waals surface area (Å²) in [5.41, 5.74) is 5.84. The van der Waals surface area contributed by atoms with Crippen LogP contribution in [0.15, 0.2) is 10.5 Å². The molecule has 1 aromatic rings. The van der Waals surface area contributed by atoms with E-state index in [2.05, 4.69) is 15.9 Å². The van der Waals surface area contributed by atoms with Gasteiger partial charge in [0.05, 0.1) is 24.3 Å². The van der Waals surface area contributed by atoms with Crippen LogP contribution in [0.4, 0.5) is 4.39 Å². The first-order chi connectivity index (χ1) is 7.53. The van der Waals surface area contributed by atoms with E-state index in [1.165, 1.54) is 14.2 Å². The molecule has 0 saturated heterocycles. The summed E-state index contributed by atoms with van der Waals surface area (Å²) >= 11 is 3.16. The monoisotopic (exact) mass is 289 g/mol. The summed E-state index contributed by atoms with van der Waals surface area (Å²) < 4.78 is 24.7. The highest BCUT2D eigenvalue weighted by atomic mass is 79.9. The predicted octanol–water partition coefficient (Wildman–Crippen LogP) is 2.55. The lowest BCUT2D eigenvalue weighted by Crippen LogP contribution is -2.22. The van der Waals surface area contributed by atoms with Crippen LogP contribution in [0.3, 0.4) is 0 Å². The van der Waals surface area contributed by atoms with Crippen LogP contribution in [-0.2, 0) is 5.54 Å². The fourth-order valence-electron chi connectivity index (χ4n) is 1.77. The highest BCUT2D eigenvalue weighted by molar-refractivity contribution is 9.10. The second-order valence-corrected chi connectivity index (χ2v) is 4.79. The van der Waals surface area contributed by atoms with Crippen molar-refractivity contribution >= 4 is 15.9 Å². The fraction of sp³-hybridized carbons (Fsp3) is 0.455. The van der Waals surface area contributed by atoms with Crippen molar-refractivity contribution in [2.75, 3.05) is 14.2 Å². The smallest absolute Gasteiger partial charge is 0.168 e. The van der Waals surface area contributed by atoms with Gasteiger partial charge in [0.1, 0.15) is 5.82 Å². The first-order valence-electron chi connectivity index (χ1n) is 4.93. The van der Waals surface area contributed by atoms with Crippen molar-refractivity contribution < 1.29 is 13.9 Å². The summed E-state index contributed by atoms with van der Waals surface area (Å²) in [4.78, 5) is 0. The van der Waals surface area contributed by atoms with Gasteiger partial charge in [-0.15, -0.1) is 0 Å². The number of hydrogen-bond acceptors (Lipinski definition) is 3. The van der Waals surface area contributed by atoms with Crippen LogP contribution in [0.2, 0.25) is 0 Å². The van der Waals surface area contributed by atoms with E-state index >= 15 is 0 Å². The Morgan fingerprint density at radius 3 is 2.44 bits per heavy atom. The first kappa shape index (κ1) is 11.7. The van der Waals surface area contributed by atoms with Gasteiger partial charge in [-0.2, -0.15) is 0 Å². The molecular weight excluding hydrogens is 277 g/mol. The van der Waals surface area contributed by atoms with Gasteiger partial charge in [0.2, 0.25) is 0 Å². The Kier molecular flexibility index (Phi) is 2.84. The van der Waals surface area contributed by atoms with Crippen molar-refractivity contribution in [2.45, 2.75) is 18.4 Å². The van der Waals surface area contributed by atoms with Gasteiger partial charge in [0, 0.05) is 11.6 Å².